The summed E-state index contributed by atoms with van der Waals surface area (Å²) < 4.78 is 26.8. The fourth-order valence-electron chi connectivity index (χ4n) is 1.33. The van der Waals surface area contributed by atoms with Gasteiger partial charge in [0, 0.05) is 0 Å². The molecule has 0 amide bonds. The van der Waals surface area contributed by atoms with Crippen LogP contribution in [0.5, 0.6) is 0 Å². The predicted molar refractivity (Wildman–Crippen MR) is 74.7 cm³/mol. The van der Waals surface area contributed by atoms with Gasteiger partial charge in [-0.2, -0.15) is 0 Å². The van der Waals surface area contributed by atoms with Gasteiger partial charge in [0.05, 0.1) is 24.4 Å². The molecule has 0 radical (unpaired) electrons. The molecule has 0 aromatic heterocycles. The van der Waals surface area contributed by atoms with Gasteiger partial charge >= 0.3 is 6.16 Å². The first-order valence-corrected chi connectivity index (χ1v) is 7.10. The number of hydrogen-bond donors (Lipinski definition) is 1. The maximum absolute atomic E-state index is 10.3. The molecule has 0 aliphatic rings. The van der Waals surface area contributed by atoms with Gasteiger partial charge in [0.1, 0.15) is 0 Å². The van der Waals surface area contributed by atoms with Crippen molar-refractivity contribution in [3.05, 3.63) is 0 Å². The molecule has 0 fully saturated rings. The van der Waals surface area contributed by atoms with E-state index in [0.717, 1.165) is 0 Å². The van der Waals surface area contributed by atoms with Crippen LogP contribution in [-0.2, 0) is 23.7 Å². The lowest BCUT2D eigenvalue weighted by atomic mass is 10.5. The van der Waals surface area contributed by atoms with Gasteiger partial charge in [-0.1, -0.05) is 0 Å². The molecule has 1 N–H and O–H groups in total. The summed E-state index contributed by atoms with van der Waals surface area (Å²) in [6.07, 6.45) is -3.08. The molecule has 0 aromatic rings. The quantitative estimate of drug-likeness (QED) is 0.625. The molecule has 122 valence electrons. The molecule has 0 heterocycles. The summed E-state index contributed by atoms with van der Waals surface area (Å²) in [6.45, 7) is 13.3. The number of ether oxygens (including phenoxy) is 5. The second-order valence-electron chi connectivity index (χ2n) is 5.63. The highest BCUT2D eigenvalue weighted by Crippen LogP contribution is 2.21. The van der Waals surface area contributed by atoms with Gasteiger partial charge in [-0.15, -0.1) is 0 Å². The Balaban J connectivity index is 4.84. The maximum atomic E-state index is 10.3. The predicted octanol–water partition coefficient (Wildman–Crippen LogP) is 2.59. The summed E-state index contributed by atoms with van der Waals surface area (Å²) in [5.41, 5.74) is 0. The lowest BCUT2D eigenvalue weighted by Gasteiger charge is -2.34. The molecule has 0 bridgehead atoms. The van der Waals surface area contributed by atoms with Gasteiger partial charge in [0.15, 0.2) is 0 Å². The van der Waals surface area contributed by atoms with E-state index in [9.17, 15) is 5.11 Å². The third kappa shape index (κ3) is 9.63. The van der Waals surface area contributed by atoms with Crippen LogP contribution in [0.3, 0.4) is 0 Å². The van der Waals surface area contributed by atoms with E-state index in [1.54, 1.807) is 27.7 Å². The summed E-state index contributed by atoms with van der Waals surface area (Å²) in [7, 11) is 0. The molecule has 0 aliphatic heterocycles. The van der Waals surface area contributed by atoms with E-state index in [1.165, 1.54) is 0 Å². The zero-order valence-electron chi connectivity index (χ0n) is 13.9. The maximum Gasteiger partial charge on any atom is 0.414 e. The highest BCUT2D eigenvalue weighted by molar-refractivity contribution is 4.49. The van der Waals surface area contributed by atoms with Gasteiger partial charge in [-0.05, 0) is 55.4 Å². The van der Waals surface area contributed by atoms with Crippen molar-refractivity contribution in [3.63, 3.8) is 0 Å². The average Bonchev–Trinajstić information content (AvgIpc) is 2.09. The minimum atomic E-state index is -2.21. The van der Waals surface area contributed by atoms with E-state index in [0.29, 0.717) is 0 Å². The van der Waals surface area contributed by atoms with Crippen molar-refractivity contribution in [2.45, 2.75) is 92.4 Å². The third-order valence-corrected chi connectivity index (χ3v) is 1.78. The zero-order chi connectivity index (χ0) is 15.9. The summed E-state index contributed by atoms with van der Waals surface area (Å²) >= 11 is 0. The number of aliphatic hydroxyl groups is 1. The summed E-state index contributed by atoms with van der Waals surface area (Å²) in [5.74, 6) is 0. The second-order valence-corrected chi connectivity index (χ2v) is 5.63. The Morgan fingerprint density at radius 1 is 0.600 bits per heavy atom. The monoisotopic (exact) mass is 294 g/mol. The van der Waals surface area contributed by atoms with Crippen LogP contribution in [0.15, 0.2) is 0 Å². The van der Waals surface area contributed by atoms with E-state index >= 15 is 0 Å². The van der Waals surface area contributed by atoms with E-state index in [4.69, 9.17) is 23.7 Å². The van der Waals surface area contributed by atoms with Crippen LogP contribution in [0.4, 0.5) is 0 Å². The van der Waals surface area contributed by atoms with Gasteiger partial charge in [0.2, 0.25) is 0 Å². The fourth-order valence-corrected chi connectivity index (χ4v) is 1.33. The summed E-state index contributed by atoms with van der Waals surface area (Å²) in [4.78, 5) is 0. The molecule has 6 nitrogen and oxygen atoms in total. The van der Waals surface area contributed by atoms with Crippen molar-refractivity contribution in [1.82, 2.24) is 0 Å². The minimum absolute atomic E-state index is 0.138. The van der Waals surface area contributed by atoms with E-state index in [-0.39, 0.29) is 24.4 Å². The SMILES string of the molecule is CC(C)OC(OC(C)C)OC(O)(OC(C)C)OC(C)C. The van der Waals surface area contributed by atoms with Crippen molar-refractivity contribution in [2.24, 2.45) is 0 Å². The van der Waals surface area contributed by atoms with E-state index in [2.05, 4.69) is 0 Å². The molecule has 0 saturated heterocycles. The zero-order valence-corrected chi connectivity index (χ0v) is 13.9. The Morgan fingerprint density at radius 3 is 1.20 bits per heavy atom. The largest absolute Gasteiger partial charge is 0.414 e. The van der Waals surface area contributed by atoms with Crippen LogP contribution in [0.25, 0.3) is 0 Å². The van der Waals surface area contributed by atoms with Crippen LogP contribution < -0.4 is 0 Å². The Labute approximate surface area is 122 Å². The van der Waals surface area contributed by atoms with Crippen molar-refractivity contribution in [1.29, 1.82) is 0 Å². The molecule has 0 rings (SSSR count). The molecule has 0 spiro atoms. The lowest BCUT2D eigenvalue weighted by molar-refractivity contribution is -0.548. The van der Waals surface area contributed by atoms with Crippen molar-refractivity contribution in [3.8, 4) is 0 Å². The van der Waals surface area contributed by atoms with Crippen molar-refractivity contribution >= 4 is 0 Å². The fraction of sp³-hybridized carbons (Fsp3) is 1.00. The highest BCUT2D eigenvalue weighted by atomic mass is 17.0. The first-order valence-electron chi connectivity index (χ1n) is 7.10. The Bertz CT molecular complexity index is 232. The smallest absolute Gasteiger partial charge is 0.327 e. The van der Waals surface area contributed by atoms with Crippen LogP contribution >= 0.6 is 0 Å². The first kappa shape index (κ1) is 19.8. The first-order chi connectivity index (χ1) is 9.04. The standard InChI is InChI=1S/C14H30O6/c1-9(2)16-13(17-10(3)4)20-14(15,18-11(5)6)19-12(7)8/h9-13,15H,1-8H3. The molecular formula is C14H30O6. The third-order valence-electron chi connectivity index (χ3n) is 1.78. The van der Waals surface area contributed by atoms with Crippen LogP contribution in [-0.4, -0.2) is 42.2 Å². The second kappa shape index (κ2) is 8.92. The minimum Gasteiger partial charge on any atom is -0.327 e. The van der Waals surface area contributed by atoms with Crippen LogP contribution in [0.2, 0.25) is 0 Å². The van der Waals surface area contributed by atoms with Gasteiger partial charge in [0.25, 0.3) is 6.48 Å². The topological polar surface area (TPSA) is 66.4 Å². The van der Waals surface area contributed by atoms with E-state index < -0.39 is 12.6 Å². The summed E-state index contributed by atoms with van der Waals surface area (Å²) in [6, 6.07) is 0. The van der Waals surface area contributed by atoms with Gasteiger partial charge in [-0.3, -0.25) is 0 Å². The van der Waals surface area contributed by atoms with Crippen LogP contribution in [0, 0.1) is 0 Å². The molecule has 0 atom stereocenters. The molecule has 0 aliphatic carbocycles. The molecule has 20 heavy (non-hydrogen) atoms. The van der Waals surface area contributed by atoms with Crippen molar-refractivity contribution in [2.75, 3.05) is 0 Å². The Hall–Kier alpha value is -0.240. The lowest BCUT2D eigenvalue weighted by Crippen LogP contribution is -2.47. The molecule has 0 saturated carbocycles. The normalized spacial score (nSPS) is 13.5. The number of hydrogen-bond acceptors (Lipinski definition) is 6. The summed E-state index contributed by atoms with van der Waals surface area (Å²) in [5, 5.41) is 10.3. The van der Waals surface area contributed by atoms with Crippen LogP contribution in [0.1, 0.15) is 55.4 Å². The number of rotatable bonds is 10. The van der Waals surface area contributed by atoms with Gasteiger partial charge in [-0.25, -0.2) is 4.74 Å². The molecule has 0 aromatic carbocycles. The molecule has 6 heteroatoms. The van der Waals surface area contributed by atoms with Gasteiger partial charge < -0.3 is 24.1 Å². The Morgan fingerprint density at radius 2 is 0.950 bits per heavy atom. The average molecular weight is 294 g/mol. The van der Waals surface area contributed by atoms with Crippen molar-refractivity contribution < 1.29 is 28.8 Å². The Kier molecular flexibility index (Phi) is 8.81. The highest BCUT2D eigenvalue weighted by Gasteiger charge is 2.38. The molecular weight excluding hydrogens is 264 g/mol. The molecule has 0 unspecified atom stereocenters. The van der Waals surface area contributed by atoms with E-state index in [1.807, 2.05) is 27.7 Å².